The van der Waals surface area contributed by atoms with Crippen LogP contribution in [0.25, 0.3) is 0 Å². The fraction of sp³-hybridized carbons (Fsp3) is 0.250. The predicted molar refractivity (Wildman–Crippen MR) is 115 cm³/mol. The van der Waals surface area contributed by atoms with Crippen molar-refractivity contribution >= 4 is 0 Å². The third kappa shape index (κ3) is 5.33. The van der Waals surface area contributed by atoms with Gasteiger partial charge in [-0.1, -0.05) is 23.7 Å². The van der Waals surface area contributed by atoms with Gasteiger partial charge in [-0.15, -0.1) is 0 Å². The summed E-state index contributed by atoms with van der Waals surface area (Å²) >= 11 is 0. The highest BCUT2D eigenvalue weighted by molar-refractivity contribution is 5.59. The zero-order valence-corrected chi connectivity index (χ0v) is 17.9. The Morgan fingerprint density at radius 2 is 0.800 bits per heavy atom. The van der Waals surface area contributed by atoms with Crippen LogP contribution < -0.4 is 28.4 Å². The van der Waals surface area contributed by atoms with Crippen molar-refractivity contribution in [3.05, 3.63) is 47.5 Å². The predicted octanol–water partition coefficient (Wildman–Crippen LogP) is 3.70. The van der Waals surface area contributed by atoms with Gasteiger partial charge in [0.05, 0.1) is 42.7 Å². The van der Waals surface area contributed by atoms with Crippen molar-refractivity contribution in [2.45, 2.75) is 0 Å². The van der Waals surface area contributed by atoms with Gasteiger partial charge in [0.1, 0.15) is 0 Å². The molecule has 0 fully saturated rings. The second-order valence-corrected chi connectivity index (χ2v) is 5.70. The Hall–Kier alpha value is -3.90. The average molecular weight is 408 g/mol. The number of rotatable bonds is 6. The number of benzene rings is 2. The molecule has 0 N–H and O–H groups in total. The normalized spacial score (nSPS) is 9.67. The molecule has 2 rings (SSSR count). The van der Waals surface area contributed by atoms with E-state index in [0.29, 0.717) is 34.5 Å². The van der Waals surface area contributed by atoms with Gasteiger partial charge >= 0.3 is 0 Å². The molecule has 0 aromatic heterocycles. The minimum Gasteiger partial charge on any atom is -0.493 e. The third-order valence-corrected chi connectivity index (χ3v) is 4.01. The fourth-order valence-electron chi connectivity index (χ4n) is 2.64. The highest BCUT2D eigenvalue weighted by Crippen LogP contribution is 2.38. The number of allylic oxidation sites excluding steroid dienone is 2. The van der Waals surface area contributed by atoms with Crippen molar-refractivity contribution in [3.63, 3.8) is 0 Å². The molecule has 156 valence electrons. The highest BCUT2D eigenvalue weighted by Gasteiger charge is 2.13. The van der Waals surface area contributed by atoms with Crippen molar-refractivity contribution in [1.82, 2.24) is 0 Å². The van der Waals surface area contributed by atoms with Gasteiger partial charge in [-0.2, -0.15) is 0 Å². The first-order valence-electron chi connectivity index (χ1n) is 8.89. The summed E-state index contributed by atoms with van der Waals surface area (Å²) in [5, 5.41) is 0. The molecule has 0 saturated heterocycles. The Morgan fingerprint density at radius 1 is 0.500 bits per heavy atom. The van der Waals surface area contributed by atoms with Crippen LogP contribution in [0.1, 0.15) is 11.1 Å². The van der Waals surface area contributed by atoms with Crippen LogP contribution in [0.2, 0.25) is 0 Å². The maximum absolute atomic E-state index is 5.32. The summed E-state index contributed by atoms with van der Waals surface area (Å²) in [4.78, 5) is 0. The molecule has 0 bridgehead atoms. The maximum atomic E-state index is 5.32. The number of hydrogen-bond donors (Lipinski definition) is 0. The van der Waals surface area contributed by atoms with Gasteiger partial charge in [-0.3, -0.25) is 0 Å². The lowest BCUT2D eigenvalue weighted by Crippen LogP contribution is -1.95. The molecular weight excluding hydrogens is 384 g/mol. The van der Waals surface area contributed by atoms with Crippen LogP contribution in [0.3, 0.4) is 0 Å². The second kappa shape index (κ2) is 11.2. The van der Waals surface area contributed by atoms with Crippen LogP contribution in [0.15, 0.2) is 36.4 Å². The highest BCUT2D eigenvalue weighted by atomic mass is 16.5. The van der Waals surface area contributed by atoms with Crippen molar-refractivity contribution in [3.8, 4) is 58.2 Å². The van der Waals surface area contributed by atoms with Gasteiger partial charge in [0.2, 0.25) is 11.5 Å². The van der Waals surface area contributed by atoms with Gasteiger partial charge in [0.15, 0.2) is 23.0 Å². The molecule has 30 heavy (non-hydrogen) atoms. The topological polar surface area (TPSA) is 55.4 Å². The van der Waals surface area contributed by atoms with Crippen LogP contribution >= 0.6 is 0 Å². The first kappa shape index (κ1) is 22.4. The quantitative estimate of drug-likeness (QED) is 0.680. The Labute approximate surface area is 177 Å². The molecule has 0 heterocycles. The summed E-state index contributed by atoms with van der Waals surface area (Å²) in [5.41, 5.74) is 1.46. The molecule has 6 nitrogen and oxygen atoms in total. The standard InChI is InChI=1S/C24H24O6/c1-25-19-13-17(14-20(26-2)23(19)29-5)11-9-7-8-10-12-18-15-21(27-3)24(30-6)22(16-18)28-4/h7-8,13-16H,1-6H3/b8-7-. The molecular formula is C24H24O6. The Morgan fingerprint density at radius 3 is 1.03 bits per heavy atom. The van der Waals surface area contributed by atoms with Crippen LogP contribution in [-0.2, 0) is 0 Å². The monoisotopic (exact) mass is 408 g/mol. The SMILES string of the molecule is COc1cc(C#C/C=C\C#Cc2cc(OC)c(OC)c(OC)c2)cc(OC)c1OC. The van der Waals surface area contributed by atoms with Crippen molar-refractivity contribution in [1.29, 1.82) is 0 Å². The van der Waals surface area contributed by atoms with Crippen LogP contribution in [0.5, 0.6) is 34.5 Å². The minimum absolute atomic E-state index is 0.525. The second-order valence-electron chi connectivity index (χ2n) is 5.70. The Kier molecular flexibility index (Phi) is 8.35. The molecule has 0 aliphatic heterocycles. The minimum atomic E-state index is 0.525. The van der Waals surface area contributed by atoms with Crippen LogP contribution in [-0.4, -0.2) is 42.7 Å². The number of ether oxygens (including phenoxy) is 6. The number of hydrogen-bond acceptors (Lipinski definition) is 6. The van der Waals surface area contributed by atoms with Gasteiger partial charge in [0.25, 0.3) is 0 Å². The van der Waals surface area contributed by atoms with Crippen molar-refractivity contribution in [2.24, 2.45) is 0 Å². The van der Waals surface area contributed by atoms with E-state index in [4.69, 9.17) is 28.4 Å². The van der Waals surface area contributed by atoms with Gasteiger partial charge < -0.3 is 28.4 Å². The van der Waals surface area contributed by atoms with E-state index in [1.165, 1.54) is 0 Å². The maximum Gasteiger partial charge on any atom is 0.203 e. The average Bonchev–Trinajstić information content (AvgIpc) is 2.79. The van der Waals surface area contributed by atoms with E-state index in [2.05, 4.69) is 23.7 Å². The molecule has 0 spiro atoms. The Balaban J connectivity index is 2.20. The van der Waals surface area contributed by atoms with Gasteiger partial charge in [-0.05, 0) is 36.4 Å². The smallest absolute Gasteiger partial charge is 0.203 e. The zero-order chi connectivity index (χ0) is 21.9. The summed E-state index contributed by atoms with van der Waals surface area (Å²) in [6.45, 7) is 0. The summed E-state index contributed by atoms with van der Waals surface area (Å²) in [6.07, 6.45) is 3.32. The third-order valence-electron chi connectivity index (χ3n) is 4.01. The van der Waals surface area contributed by atoms with E-state index < -0.39 is 0 Å². The molecule has 2 aromatic rings. The molecule has 6 heteroatoms. The molecule has 0 aliphatic carbocycles. The first-order valence-corrected chi connectivity index (χ1v) is 8.89. The molecule has 2 aromatic carbocycles. The van der Waals surface area contributed by atoms with Crippen LogP contribution in [0, 0.1) is 23.7 Å². The largest absolute Gasteiger partial charge is 0.493 e. The lowest BCUT2D eigenvalue weighted by Gasteiger charge is -2.12. The van der Waals surface area contributed by atoms with E-state index >= 15 is 0 Å². The van der Waals surface area contributed by atoms with E-state index in [-0.39, 0.29) is 0 Å². The molecule has 0 saturated carbocycles. The number of methoxy groups -OCH3 is 6. The summed E-state index contributed by atoms with van der Waals surface area (Å²) in [7, 11) is 9.36. The molecule has 0 radical (unpaired) electrons. The fourth-order valence-corrected chi connectivity index (χ4v) is 2.64. The molecule has 0 aliphatic rings. The van der Waals surface area contributed by atoms with Crippen molar-refractivity contribution < 1.29 is 28.4 Å². The first-order chi connectivity index (χ1) is 14.6. The Bertz CT molecular complexity index is 898. The lowest BCUT2D eigenvalue weighted by molar-refractivity contribution is 0.324. The molecule has 0 amide bonds. The van der Waals surface area contributed by atoms with E-state index in [1.54, 1.807) is 79.1 Å². The summed E-state index contributed by atoms with van der Waals surface area (Å²) in [5.74, 6) is 15.2. The van der Waals surface area contributed by atoms with Crippen molar-refractivity contribution in [2.75, 3.05) is 42.7 Å². The lowest BCUT2D eigenvalue weighted by atomic mass is 10.1. The molecule has 0 unspecified atom stereocenters. The van der Waals surface area contributed by atoms with Gasteiger partial charge in [0, 0.05) is 11.1 Å². The van der Waals surface area contributed by atoms with Crippen LogP contribution in [0.4, 0.5) is 0 Å². The zero-order valence-electron chi connectivity index (χ0n) is 17.9. The molecule has 0 atom stereocenters. The van der Waals surface area contributed by atoms with E-state index in [9.17, 15) is 0 Å². The summed E-state index contributed by atoms with van der Waals surface area (Å²) < 4.78 is 31.9. The van der Waals surface area contributed by atoms with E-state index in [0.717, 1.165) is 11.1 Å². The van der Waals surface area contributed by atoms with E-state index in [1.807, 2.05) is 0 Å². The summed E-state index contributed by atoms with van der Waals surface area (Å²) in [6, 6.07) is 7.13. The van der Waals surface area contributed by atoms with Gasteiger partial charge in [-0.25, -0.2) is 0 Å².